The second-order valence-electron chi connectivity index (χ2n) is 9.50. The van der Waals surface area contributed by atoms with E-state index in [1.54, 1.807) is 25.1 Å². The van der Waals surface area contributed by atoms with Gasteiger partial charge in [0.2, 0.25) is 0 Å². The van der Waals surface area contributed by atoms with Crippen molar-refractivity contribution in [1.82, 2.24) is 0 Å². The molecule has 2 aromatic rings. The normalized spacial score (nSPS) is 11.0. The minimum Gasteiger partial charge on any atom is -1.00 e. The minimum absolute atomic E-state index is 0. The van der Waals surface area contributed by atoms with Crippen LogP contribution in [0.4, 0.5) is 0 Å². The van der Waals surface area contributed by atoms with E-state index >= 15 is 0 Å². The zero-order valence-electron chi connectivity index (χ0n) is 23.8. The molecule has 0 unspecified atom stereocenters. The largest absolute Gasteiger partial charge is 1.00 e. The van der Waals surface area contributed by atoms with Gasteiger partial charge in [0.1, 0.15) is 4.90 Å². The maximum absolute atomic E-state index is 11.2. The molecule has 0 aliphatic heterocycles. The first kappa shape index (κ1) is 35.1. The fraction of sp³-hybridized carbons (Fsp3) is 0.621. The third-order valence-corrected chi connectivity index (χ3v) is 7.39. The molecule has 0 aromatic heterocycles. The van der Waals surface area contributed by atoms with Gasteiger partial charge in [0.05, 0.1) is 0 Å². The molecule has 2 rings (SSSR count). The summed E-state index contributed by atoms with van der Waals surface area (Å²) in [5.74, 6) is -0.653. The van der Waals surface area contributed by atoms with Crippen molar-refractivity contribution in [2.45, 2.75) is 121 Å². The van der Waals surface area contributed by atoms with Crippen LogP contribution >= 0.6 is 0 Å². The van der Waals surface area contributed by atoms with Crippen molar-refractivity contribution in [2.75, 3.05) is 0 Å². The molecule has 0 amide bonds. The van der Waals surface area contributed by atoms with Gasteiger partial charge in [-0.1, -0.05) is 133 Å². The van der Waals surface area contributed by atoms with Gasteiger partial charge in [0.25, 0.3) is 10.1 Å². The quantitative estimate of drug-likeness (QED) is 0.152. The SMILES string of the molecule is CCCCCCCCCCCCCCCCCC(=O)O.Cc1ccc2ccccc2c1S(=O)(=O)O.[H-].[Na+]. The number of carbonyl (C=O) groups is 1. The molecular weight excluding hydrogens is 483 g/mol. The van der Waals surface area contributed by atoms with Gasteiger partial charge in [0.15, 0.2) is 0 Å². The molecule has 0 bridgehead atoms. The van der Waals surface area contributed by atoms with Crippen LogP contribution in [-0.2, 0) is 14.9 Å². The van der Waals surface area contributed by atoms with E-state index in [1.807, 2.05) is 18.2 Å². The van der Waals surface area contributed by atoms with Crippen molar-refractivity contribution in [3.63, 3.8) is 0 Å². The smallest absolute Gasteiger partial charge is 1.00 e. The number of hydrogen-bond donors (Lipinski definition) is 2. The molecule has 0 spiro atoms. The summed E-state index contributed by atoms with van der Waals surface area (Å²) in [5.41, 5.74) is 0.552. The summed E-state index contributed by atoms with van der Waals surface area (Å²) in [5, 5.41) is 9.87. The predicted molar refractivity (Wildman–Crippen MR) is 147 cm³/mol. The number of fused-ring (bicyclic) bond motifs is 1. The van der Waals surface area contributed by atoms with Crippen LogP contribution in [0, 0.1) is 6.92 Å². The van der Waals surface area contributed by atoms with Crippen molar-refractivity contribution in [1.29, 1.82) is 0 Å². The fourth-order valence-electron chi connectivity index (χ4n) is 4.34. The van der Waals surface area contributed by atoms with Crippen LogP contribution in [0.3, 0.4) is 0 Å². The Bertz CT molecular complexity index is 966. The molecule has 2 aromatic carbocycles. The Hall–Kier alpha value is -0.920. The van der Waals surface area contributed by atoms with Crippen LogP contribution in [0.15, 0.2) is 41.3 Å². The summed E-state index contributed by atoms with van der Waals surface area (Å²) in [6.45, 7) is 3.93. The number of hydrogen-bond acceptors (Lipinski definition) is 3. The number of unbranched alkanes of at least 4 members (excludes halogenated alkanes) is 14. The second kappa shape index (κ2) is 21.1. The molecule has 7 heteroatoms. The molecule has 0 fully saturated rings. The van der Waals surface area contributed by atoms with Gasteiger partial charge in [-0.05, 0) is 24.3 Å². The summed E-state index contributed by atoms with van der Waals surface area (Å²) >= 11 is 0. The monoisotopic (exact) mass is 530 g/mol. The van der Waals surface area contributed by atoms with E-state index in [0.717, 1.165) is 18.2 Å². The fourth-order valence-corrected chi connectivity index (χ4v) is 5.28. The average molecular weight is 531 g/mol. The summed E-state index contributed by atoms with van der Waals surface area (Å²) in [7, 11) is -4.16. The summed E-state index contributed by atoms with van der Waals surface area (Å²) in [4.78, 5) is 10.3. The average Bonchev–Trinajstić information content (AvgIpc) is 2.81. The van der Waals surface area contributed by atoms with Gasteiger partial charge in [-0.3, -0.25) is 9.35 Å². The number of benzene rings is 2. The van der Waals surface area contributed by atoms with Crippen molar-refractivity contribution in [3.05, 3.63) is 42.0 Å². The third kappa shape index (κ3) is 16.0. The summed E-state index contributed by atoms with van der Waals surface area (Å²) in [6, 6.07) is 10.6. The van der Waals surface area contributed by atoms with E-state index in [4.69, 9.17) is 9.66 Å². The van der Waals surface area contributed by atoms with Crippen LogP contribution in [0.25, 0.3) is 10.8 Å². The number of aliphatic carboxylic acids is 1. The standard InChI is InChI=1S/C18H36O2.C11H10O3S.Na.H/c1-2-3-4-5-6-7-8-9-10-11-12-13-14-15-16-17-18(19)20;1-8-6-7-9-4-2-3-5-10(9)11(8)15(12,13)14;;/h2-17H2,1H3,(H,19,20);2-7H,1H3,(H,12,13,14);;/q;;+1;-1. The Labute approximate surface area is 243 Å². The molecular formula is C29H47NaO5S. The first-order valence-electron chi connectivity index (χ1n) is 13.4. The summed E-state index contributed by atoms with van der Waals surface area (Å²) < 4.78 is 31.6. The van der Waals surface area contributed by atoms with Crippen LogP contribution in [0.5, 0.6) is 0 Å². The van der Waals surface area contributed by atoms with Gasteiger partial charge in [-0.15, -0.1) is 0 Å². The first-order valence-corrected chi connectivity index (χ1v) is 14.9. The van der Waals surface area contributed by atoms with E-state index in [-0.39, 0.29) is 35.9 Å². The van der Waals surface area contributed by atoms with Crippen molar-refractivity contribution in [3.8, 4) is 0 Å². The Morgan fingerprint density at radius 1 is 0.750 bits per heavy atom. The van der Waals surface area contributed by atoms with Gasteiger partial charge in [-0.2, -0.15) is 8.42 Å². The molecule has 200 valence electrons. The van der Waals surface area contributed by atoms with Crippen LogP contribution < -0.4 is 29.6 Å². The maximum Gasteiger partial charge on any atom is 1.00 e. The van der Waals surface area contributed by atoms with Crippen molar-refractivity contribution >= 4 is 26.9 Å². The molecule has 0 saturated carbocycles. The Kier molecular flexibility index (Phi) is 20.5. The molecule has 36 heavy (non-hydrogen) atoms. The van der Waals surface area contributed by atoms with Gasteiger partial charge < -0.3 is 6.53 Å². The van der Waals surface area contributed by atoms with Crippen molar-refractivity contribution in [2.24, 2.45) is 0 Å². The first-order chi connectivity index (χ1) is 16.8. The zero-order chi connectivity index (χ0) is 25.9. The molecule has 0 atom stereocenters. The number of rotatable bonds is 17. The number of carboxylic acids is 1. The molecule has 0 radical (unpaired) electrons. The van der Waals surface area contributed by atoms with Gasteiger partial charge in [-0.25, -0.2) is 0 Å². The molecule has 0 aliphatic carbocycles. The van der Waals surface area contributed by atoms with Crippen molar-refractivity contribution < 1.29 is 53.9 Å². The van der Waals surface area contributed by atoms with Crippen LogP contribution in [0.1, 0.15) is 117 Å². The predicted octanol–water partition coefficient (Wildman–Crippen LogP) is 5.84. The molecule has 0 aliphatic rings. The van der Waals surface area contributed by atoms with E-state index in [9.17, 15) is 13.2 Å². The Balaban J connectivity index is 0. The van der Waals surface area contributed by atoms with Crippen LogP contribution in [-0.4, -0.2) is 24.0 Å². The molecule has 0 heterocycles. The third-order valence-electron chi connectivity index (χ3n) is 6.33. The molecule has 2 N–H and O–H groups in total. The van der Waals surface area contributed by atoms with Gasteiger partial charge >= 0.3 is 35.5 Å². The zero-order valence-corrected chi connectivity index (χ0v) is 25.6. The summed E-state index contributed by atoms with van der Waals surface area (Å²) in [6.07, 6.45) is 20.2. The topological polar surface area (TPSA) is 91.7 Å². The number of carboxylic acid groups (broad SMARTS) is 1. The van der Waals surface area contributed by atoms with Gasteiger partial charge in [0, 0.05) is 11.8 Å². The molecule has 5 nitrogen and oxygen atoms in total. The minimum atomic E-state index is -4.16. The Morgan fingerprint density at radius 3 is 1.64 bits per heavy atom. The maximum atomic E-state index is 11.2. The van der Waals surface area contributed by atoms with E-state index in [1.165, 1.54) is 83.5 Å². The number of aryl methyl sites for hydroxylation is 1. The Morgan fingerprint density at radius 2 is 1.19 bits per heavy atom. The van der Waals surface area contributed by atoms with E-state index in [0.29, 0.717) is 17.4 Å². The van der Waals surface area contributed by atoms with E-state index in [2.05, 4.69) is 6.92 Å². The van der Waals surface area contributed by atoms with Crippen LogP contribution in [0.2, 0.25) is 0 Å². The molecule has 0 saturated heterocycles. The van der Waals surface area contributed by atoms with E-state index < -0.39 is 16.1 Å². The second-order valence-corrected chi connectivity index (χ2v) is 10.9.